The molecule has 2 aromatic carbocycles. The van der Waals surface area contributed by atoms with E-state index in [1.165, 1.54) is 16.4 Å². The van der Waals surface area contributed by atoms with E-state index in [1.807, 2.05) is 37.3 Å². The lowest BCUT2D eigenvalue weighted by Gasteiger charge is -2.30. The van der Waals surface area contributed by atoms with E-state index in [0.29, 0.717) is 31.7 Å². The van der Waals surface area contributed by atoms with Gasteiger partial charge in [-0.3, -0.25) is 9.59 Å². The minimum atomic E-state index is -3.64. The highest BCUT2D eigenvalue weighted by Crippen LogP contribution is 2.25. The van der Waals surface area contributed by atoms with Crippen LogP contribution in [0.3, 0.4) is 0 Å². The molecule has 0 radical (unpaired) electrons. The summed E-state index contributed by atoms with van der Waals surface area (Å²) in [7, 11) is -3.64. The summed E-state index contributed by atoms with van der Waals surface area (Å²) in [6.45, 7) is 2.81. The molecule has 1 aliphatic rings. The van der Waals surface area contributed by atoms with Gasteiger partial charge in [-0.2, -0.15) is 4.31 Å². The summed E-state index contributed by atoms with van der Waals surface area (Å²) in [5.74, 6) is -0.667. The number of hydrogen-bond donors (Lipinski definition) is 1. The highest BCUT2D eigenvalue weighted by Gasteiger charge is 2.33. The van der Waals surface area contributed by atoms with Crippen molar-refractivity contribution < 1.29 is 27.5 Å². The highest BCUT2D eigenvalue weighted by atomic mass is 32.2. The van der Waals surface area contributed by atoms with Crippen LogP contribution in [-0.2, 0) is 30.9 Å². The molecule has 1 saturated heterocycles. The van der Waals surface area contributed by atoms with Crippen molar-refractivity contribution in [3.63, 3.8) is 0 Å². The number of nitrogens with one attached hydrogen (secondary N) is 1. The number of piperidine rings is 1. The summed E-state index contributed by atoms with van der Waals surface area (Å²) in [6.07, 6.45) is 0.696. The topological polar surface area (TPSA) is 102 Å². The molecule has 9 heteroatoms. The molecule has 0 atom stereocenters. The Morgan fingerprint density at radius 3 is 2.31 bits per heavy atom. The summed E-state index contributed by atoms with van der Waals surface area (Å²) in [5.41, 5.74) is 0.952. The maximum atomic E-state index is 12.9. The van der Waals surface area contributed by atoms with Crippen LogP contribution in [-0.4, -0.2) is 50.9 Å². The van der Waals surface area contributed by atoms with Crippen molar-refractivity contribution in [2.75, 3.05) is 26.3 Å². The largest absolute Gasteiger partial charge is 0.494 e. The molecule has 32 heavy (non-hydrogen) atoms. The summed E-state index contributed by atoms with van der Waals surface area (Å²) in [5, 5.41) is 2.70. The van der Waals surface area contributed by atoms with Gasteiger partial charge in [0.15, 0.2) is 6.61 Å². The minimum Gasteiger partial charge on any atom is -0.494 e. The van der Waals surface area contributed by atoms with E-state index in [9.17, 15) is 18.0 Å². The van der Waals surface area contributed by atoms with Crippen molar-refractivity contribution in [1.82, 2.24) is 9.62 Å². The third-order valence-corrected chi connectivity index (χ3v) is 7.15. The summed E-state index contributed by atoms with van der Waals surface area (Å²) >= 11 is 0. The van der Waals surface area contributed by atoms with Crippen LogP contribution in [0, 0.1) is 5.92 Å². The SMILES string of the molecule is CCOc1ccc(S(=O)(=O)N2CCC(C(=O)OCC(=O)NCc3ccccc3)CC2)cc1. The van der Waals surface area contributed by atoms with Crippen molar-refractivity contribution >= 4 is 21.9 Å². The monoisotopic (exact) mass is 460 g/mol. The molecule has 1 amide bonds. The Balaban J connectivity index is 1.44. The number of sulfonamides is 1. The van der Waals surface area contributed by atoms with Gasteiger partial charge in [-0.15, -0.1) is 0 Å². The quantitative estimate of drug-likeness (QED) is 0.577. The van der Waals surface area contributed by atoms with Crippen LogP contribution in [0.4, 0.5) is 0 Å². The normalized spacial score (nSPS) is 15.2. The van der Waals surface area contributed by atoms with Crippen molar-refractivity contribution in [3.8, 4) is 5.75 Å². The number of carbonyl (C=O) groups excluding carboxylic acids is 2. The molecule has 8 nitrogen and oxygen atoms in total. The van der Waals surface area contributed by atoms with Gasteiger partial charge in [-0.05, 0) is 49.6 Å². The lowest BCUT2D eigenvalue weighted by Crippen LogP contribution is -2.41. The standard InChI is InChI=1S/C23H28N2O6S/c1-2-30-20-8-10-21(11-9-20)32(28,29)25-14-12-19(13-15-25)23(27)31-17-22(26)24-16-18-6-4-3-5-7-18/h3-11,19H,2,12-17H2,1H3,(H,24,26). The zero-order valence-electron chi connectivity index (χ0n) is 18.0. The van der Waals surface area contributed by atoms with E-state index in [2.05, 4.69) is 5.32 Å². The molecule has 0 spiro atoms. The Morgan fingerprint density at radius 2 is 1.69 bits per heavy atom. The van der Waals surface area contributed by atoms with Crippen LogP contribution < -0.4 is 10.1 Å². The first-order chi connectivity index (χ1) is 15.4. The van der Waals surface area contributed by atoms with E-state index in [1.54, 1.807) is 12.1 Å². The van der Waals surface area contributed by atoms with E-state index in [4.69, 9.17) is 9.47 Å². The van der Waals surface area contributed by atoms with Gasteiger partial charge in [-0.1, -0.05) is 30.3 Å². The number of amides is 1. The molecule has 3 rings (SSSR count). The molecule has 1 N–H and O–H groups in total. The summed E-state index contributed by atoms with van der Waals surface area (Å²) in [4.78, 5) is 24.4. The highest BCUT2D eigenvalue weighted by molar-refractivity contribution is 7.89. The van der Waals surface area contributed by atoms with Gasteiger partial charge in [0.2, 0.25) is 10.0 Å². The first-order valence-electron chi connectivity index (χ1n) is 10.6. The average molecular weight is 461 g/mol. The predicted octanol–water partition coefficient (Wildman–Crippen LogP) is 2.35. The number of benzene rings is 2. The number of esters is 1. The van der Waals surface area contributed by atoms with Gasteiger partial charge in [0, 0.05) is 19.6 Å². The lowest BCUT2D eigenvalue weighted by molar-refractivity contribution is -0.153. The van der Waals surface area contributed by atoms with E-state index in [0.717, 1.165) is 5.56 Å². The van der Waals surface area contributed by atoms with E-state index < -0.39 is 21.9 Å². The van der Waals surface area contributed by atoms with Crippen LogP contribution >= 0.6 is 0 Å². The van der Waals surface area contributed by atoms with Gasteiger partial charge in [0.05, 0.1) is 17.4 Å². The molecule has 1 heterocycles. The second kappa shape index (κ2) is 11.1. The molecule has 1 fully saturated rings. The fraction of sp³-hybridized carbons (Fsp3) is 0.391. The molecular formula is C23H28N2O6S. The molecule has 2 aromatic rings. The maximum absolute atomic E-state index is 12.9. The number of hydrogen-bond acceptors (Lipinski definition) is 6. The lowest BCUT2D eigenvalue weighted by atomic mass is 9.98. The Bertz CT molecular complexity index is 1000. The van der Waals surface area contributed by atoms with Crippen molar-refractivity contribution in [1.29, 1.82) is 0 Å². The predicted molar refractivity (Wildman–Crippen MR) is 118 cm³/mol. The fourth-order valence-electron chi connectivity index (χ4n) is 3.46. The van der Waals surface area contributed by atoms with Gasteiger partial charge in [0.25, 0.3) is 5.91 Å². The molecule has 0 saturated carbocycles. The van der Waals surface area contributed by atoms with Crippen molar-refractivity contribution in [2.45, 2.75) is 31.2 Å². The summed E-state index contributed by atoms with van der Waals surface area (Å²) in [6, 6.07) is 15.7. The molecule has 0 aromatic heterocycles. The molecule has 0 unspecified atom stereocenters. The number of ether oxygens (including phenoxy) is 2. The number of carbonyl (C=O) groups is 2. The van der Waals surface area contributed by atoms with Gasteiger partial charge in [-0.25, -0.2) is 8.42 Å². The molecule has 0 aliphatic carbocycles. The average Bonchev–Trinajstić information content (AvgIpc) is 2.82. The third kappa shape index (κ3) is 6.30. The second-order valence-corrected chi connectivity index (χ2v) is 9.39. The maximum Gasteiger partial charge on any atom is 0.309 e. The Hall–Kier alpha value is -2.91. The second-order valence-electron chi connectivity index (χ2n) is 7.45. The number of nitrogens with zero attached hydrogens (tertiary/aromatic N) is 1. The van der Waals surface area contributed by atoms with Crippen LogP contribution in [0.5, 0.6) is 5.75 Å². The van der Waals surface area contributed by atoms with Gasteiger partial charge < -0.3 is 14.8 Å². The Labute approximate surface area is 188 Å². The molecular weight excluding hydrogens is 432 g/mol. The van der Waals surface area contributed by atoms with Gasteiger partial charge in [0.1, 0.15) is 5.75 Å². The molecule has 172 valence electrons. The van der Waals surface area contributed by atoms with E-state index >= 15 is 0 Å². The summed E-state index contributed by atoms with van der Waals surface area (Å²) < 4.78 is 37.6. The minimum absolute atomic E-state index is 0.192. The van der Waals surface area contributed by atoms with Crippen LogP contribution in [0.2, 0.25) is 0 Å². The fourth-order valence-corrected chi connectivity index (χ4v) is 4.93. The van der Waals surface area contributed by atoms with Crippen molar-refractivity contribution in [3.05, 3.63) is 60.2 Å². The first-order valence-corrected chi connectivity index (χ1v) is 12.0. The Kier molecular flexibility index (Phi) is 8.24. The zero-order chi connectivity index (χ0) is 23.0. The smallest absolute Gasteiger partial charge is 0.309 e. The third-order valence-electron chi connectivity index (χ3n) is 5.24. The first kappa shape index (κ1) is 23.7. The number of rotatable bonds is 9. The van der Waals surface area contributed by atoms with Crippen LogP contribution in [0.15, 0.2) is 59.5 Å². The van der Waals surface area contributed by atoms with Crippen LogP contribution in [0.1, 0.15) is 25.3 Å². The van der Waals surface area contributed by atoms with Crippen molar-refractivity contribution in [2.24, 2.45) is 5.92 Å². The zero-order valence-corrected chi connectivity index (χ0v) is 18.8. The van der Waals surface area contributed by atoms with Crippen LogP contribution in [0.25, 0.3) is 0 Å². The van der Waals surface area contributed by atoms with E-state index in [-0.39, 0.29) is 30.5 Å². The molecule has 0 bridgehead atoms. The Morgan fingerprint density at radius 1 is 1.03 bits per heavy atom. The van der Waals surface area contributed by atoms with Gasteiger partial charge >= 0.3 is 5.97 Å². The molecule has 1 aliphatic heterocycles.